The molecule has 158 valence electrons. The van der Waals surface area contributed by atoms with E-state index in [4.69, 9.17) is 11.6 Å². The lowest BCUT2D eigenvalue weighted by Gasteiger charge is -2.42. The molecule has 1 aliphatic heterocycles. The standard InChI is InChI=1S/C20H32ClN3O3S/c1-7-14(6)24-10-16(11-24)28(26,27)23-20(25)22-19-17(12(2)3)8-15(21)9-18(19)13(4)5/h8-9,12-14,16H,7,10-11H2,1-6H3,(H2,22,23,25). The van der Waals surface area contributed by atoms with E-state index in [1.165, 1.54) is 0 Å². The Hall–Kier alpha value is -1.31. The van der Waals surface area contributed by atoms with Crippen LogP contribution in [0.1, 0.15) is 70.9 Å². The van der Waals surface area contributed by atoms with E-state index in [1.807, 2.05) is 39.8 Å². The number of urea groups is 1. The molecule has 0 bridgehead atoms. The van der Waals surface area contributed by atoms with Crippen molar-refractivity contribution < 1.29 is 13.2 Å². The molecule has 1 atom stereocenters. The minimum absolute atomic E-state index is 0.124. The van der Waals surface area contributed by atoms with Gasteiger partial charge < -0.3 is 5.32 Å². The van der Waals surface area contributed by atoms with Crippen molar-refractivity contribution in [3.05, 3.63) is 28.3 Å². The number of nitrogens with zero attached hydrogens (tertiary/aromatic N) is 1. The van der Waals surface area contributed by atoms with Crippen LogP contribution in [0.15, 0.2) is 12.1 Å². The van der Waals surface area contributed by atoms with Crippen molar-refractivity contribution in [1.29, 1.82) is 0 Å². The second-order valence-electron chi connectivity index (χ2n) is 8.20. The topological polar surface area (TPSA) is 78.5 Å². The van der Waals surface area contributed by atoms with E-state index in [9.17, 15) is 13.2 Å². The first-order valence-corrected chi connectivity index (χ1v) is 11.8. The molecule has 1 aromatic rings. The van der Waals surface area contributed by atoms with Gasteiger partial charge in [-0.05, 0) is 48.4 Å². The van der Waals surface area contributed by atoms with Gasteiger partial charge in [0.2, 0.25) is 10.0 Å². The van der Waals surface area contributed by atoms with Gasteiger partial charge in [0.1, 0.15) is 5.25 Å². The van der Waals surface area contributed by atoms with Gasteiger partial charge in [0.25, 0.3) is 0 Å². The Morgan fingerprint density at radius 2 is 1.64 bits per heavy atom. The predicted molar refractivity (Wildman–Crippen MR) is 116 cm³/mol. The molecule has 0 saturated carbocycles. The van der Waals surface area contributed by atoms with Crippen LogP contribution >= 0.6 is 11.6 Å². The Balaban J connectivity index is 2.15. The van der Waals surface area contributed by atoms with Crippen LogP contribution in [-0.4, -0.2) is 43.7 Å². The first-order valence-electron chi connectivity index (χ1n) is 9.86. The highest BCUT2D eigenvalue weighted by atomic mass is 35.5. The number of hydrogen-bond donors (Lipinski definition) is 2. The number of rotatable bonds is 7. The van der Waals surface area contributed by atoms with Gasteiger partial charge in [0.15, 0.2) is 0 Å². The fourth-order valence-electron chi connectivity index (χ4n) is 3.34. The maximum atomic E-state index is 12.5. The maximum Gasteiger partial charge on any atom is 0.332 e. The summed E-state index contributed by atoms with van der Waals surface area (Å²) in [6, 6.07) is 3.25. The number of likely N-dealkylation sites (tertiary alicyclic amines) is 1. The van der Waals surface area contributed by atoms with Crippen LogP contribution in [0.5, 0.6) is 0 Å². The zero-order chi connectivity index (χ0) is 21.2. The van der Waals surface area contributed by atoms with Gasteiger partial charge in [0, 0.05) is 29.8 Å². The van der Waals surface area contributed by atoms with Crippen molar-refractivity contribution >= 4 is 33.3 Å². The monoisotopic (exact) mass is 429 g/mol. The third kappa shape index (κ3) is 5.19. The summed E-state index contributed by atoms with van der Waals surface area (Å²) in [5.74, 6) is 0.248. The number of halogens is 1. The maximum absolute atomic E-state index is 12.5. The molecule has 1 saturated heterocycles. The molecule has 2 rings (SSSR count). The van der Waals surface area contributed by atoms with Crippen molar-refractivity contribution in [3.8, 4) is 0 Å². The average Bonchev–Trinajstić information content (AvgIpc) is 2.52. The van der Waals surface area contributed by atoms with Crippen LogP contribution in [0, 0.1) is 0 Å². The fourth-order valence-corrected chi connectivity index (χ4v) is 4.83. The third-order valence-corrected chi connectivity index (χ3v) is 7.27. The Labute approximate surface area is 174 Å². The van der Waals surface area contributed by atoms with Crippen molar-refractivity contribution in [3.63, 3.8) is 0 Å². The number of amides is 2. The first-order chi connectivity index (χ1) is 13.0. The highest BCUT2D eigenvalue weighted by Gasteiger charge is 2.39. The minimum atomic E-state index is -3.72. The lowest BCUT2D eigenvalue weighted by molar-refractivity contribution is 0.128. The summed E-state index contributed by atoms with van der Waals surface area (Å²) in [7, 11) is -3.72. The number of sulfonamides is 1. The lowest BCUT2D eigenvalue weighted by atomic mass is 9.92. The molecule has 6 nitrogen and oxygen atoms in total. The van der Waals surface area contributed by atoms with Gasteiger partial charge in [0.05, 0.1) is 0 Å². The molecule has 1 aromatic carbocycles. The van der Waals surface area contributed by atoms with Crippen molar-refractivity contribution in [2.24, 2.45) is 0 Å². The van der Waals surface area contributed by atoms with Gasteiger partial charge >= 0.3 is 6.03 Å². The fraction of sp³-hybridized carbons (Fsp3) is 0.650. The number of nitrogens with one attached hydrogen (secondary N) is 2. The van der Waals surface area contributed by atoms with E-state index in [-0.39, 0.29) is 11.8 Å². The van der Waals surface area contributed by atoms with Crippen LogP contribution in [0.25, 0.3) is 0 Å². The summed E-state index contributed by atoms with van der Waals surface area (Å²) in [6.45, 7) is 13.1. The Bertz CT molecular complexity index is 789. The normalized spacial score (nSPS) is 16.9. The minimum Gasteiger partial charge on any atom is -0.307 e. The summed E-state index contributed by atoms with van der Waals surface area (Å²) in [5, 5.41) is 2.81. The molecule has 0 radical (unpaired) electrons. The van der Waals surface area contributed by atoms with Crippen LogP contribution in [0.4, 0.5) is 10.5 Å². The molecule has 0 spiro atoms. The largest absolute Gasteiger partial charge is 0.332 e. The molecule has 1 heterocycles. The van der Waals surface area contributed by atoms with Crippen molar-refractivity contribution in [2.45, 2.75) is 71.1 Å². The van der Waals surface area contributed by atoms with Crippen LogP contribution < -0.4 is 10.0 Å². The molecule has 1 aliphatic rings. The van der Waals surface area contributed by atoms with Gasteiger partial charge in [-0.3, -0.25) is 4.90 Å². The molecule has 1 fully saturated rings. The van der Waals surface area contributed by atoms with Crippen molar-refractivity contribution in [2.75, 3.05) is 18.4 Å². The number of carbonyl (C=O) groups is 1. The Morgan fingerprint density at radius 1 is 1.14 bits per heavy atom. The van der Waals surface area contributed by atoms with Gasteiger partial charge in [-0.1, -0.05) is 46.2 Å². The lowest BCUT2D eigenvalue weighted by Crippen LogP contribution is -2.60. The molecule has 8 heteroatoms. The molecule has 28 heavy (non-hydrogen) atoms. The molecule has 2 N–H and O–H groups in total. The van der Waals surface area contributed by atoms with E-state index < -0.39 is 21.3 Å². The highest BCUT2D eigenvalue weighted by Crippen LogP contribution is 2.35. The number of hydrogen-bond acceptors (Lipinski definition) is 4. The predicted octanol–water partition coefficient (Wildman–Crippen LogP) is 4.52. The Kier molecular flexibility index (Phi) is 7.39. The zero-order valence-corrected chi connectivity index (χ0v) is 19.1. The van der Waals surface area contributed by atoms with Gasteiger partial charge in [-0.25, -0.2) is 17.9 Å². The summed E-state index contributed by atoms with van der Waals surface area (Å²) >= 11 is 6.24. The van der Waals surface area contributed by atoms with Crippen LogP contribution in [0.3, 0.4) is 0 Å². The first kappa shape index (κ1) is 23.0. The smallest absolute Gasteiger partial charge is 0.307 e. The third-order valence-electron chi connectivity index (χ3n) is 5.41. The molecule has 2 amide bonds. The van der Waals surface area contributed by atoms with Gasteiger partial charge in [-0.2, -0.15) is 0 Å². The number of benzene rings is 1. The molecule has 1 unspecified atom stereocenters. The van der Waals surface area contributed by atoms with Crippen LogP contribution in [0.2, 0.25) is 5.02 Å². The van der Waals surface area contributed by atoms with Gasteiger partial charge in [-0.15, -0.1) is 0 Å². The number of carbonyl (C=O) groups excluding carboxylic acids is 1. The highest BCUT2D eigenvalue weighted by molar-refractivity contribution is 7.90. The molecular weight excluding hydrogens is 398 g/mol. The Morgan fingerprint density at radius 3 is 2.07 bits per heavy atom. The quantitative estimate of drug-likeness (QED) is 0.667. The van der Waals surface area contributed by atoms with Crippen LogP contribution in [-0.2, 0) is 10.0 Å². The summed E-state index contributed by atoms with van der Waals surface area (Å²) in [6.07, 6.45) is 0.965. The number of anilines is 1. The van der Waals surface area contributed by atoms with E-state index >= 15 is 0 Å². The summed E-state index contributed by atoms with van der Waals surface area (Å²) in [4.78, 5) is 14.6. The second-order valence-corrected chi connectivity index (χ2v) is 10.6. The molecular formula is C20H32ClN3O3S. The average molecular weight is 430 g/mol. The zero-order valence-electron chi connectivity index (χ0n) is 17.5. The second kappa shape index (κ2) is 9.01. The summed E-state index contributed by atoms with van der Waals surface area (Å²) < 4.78 is 27.3. The molecule has 0 aromatic heterocycles. The summed E-state index contributed by atoms with van der Waals surface area (Å²) in [5.41, 5.74) is 2.41. The van der Waals surface area contributed by atoms with E-state index in [1.54, 1.807) is 0 Å². The van der Waals surface area contributed by atoms with E-state index in [2.05, 4.69) is 28.8 Å². The van der Waals surface area contributed by atoms with E-state index in [0.717, 1.165) is 17.5 Å². The van der Waals surface area contributed by atoms with E-state index in [0.29, 0.717) is 29.8 Å². The van der Waals surface area contributed by atoms with Crippen molar-refractivity contribution in [1.82, 2.24) is 9.62 Å². The molecule has 0 aliphatic carbocycles. The SMILES string of the molecule is CCC(C)N1CC(S(=O)(=O)NC(=O)Nc2c(C(C)C)cc(Cl)cc2C(C)C)C1.